The van der Waals surface area contributed by atoms with E-state index >= 15 is 0 Å². The van der Waals surface area contributed by atoms with E-state index in [9.17, 15) is 0 Å². The van der Waals surface area contributed by atoms with Crippen LogP contribution in [0, 0.1) is 0 Å². The van der Waals surface area contributed by atoms with Crippen LogP contribution in [-0.4, -0.2) is 30.0 Å². The quantitative estimate of drug-likeness (QED) is 0.857. The molecule has 1 aromatic heterocycles. The van der Waals surface area contributed by atoms with Gasteiger partial charge in [-0.05, 0) is 74.0 Å². The summed E-state index contributed by atoms with van der Waals surface area (Å²) in [4.78, 5) is 5.96. The van der Waals surface area contributed by atoms with Gasteiger partial charge in [0.1, 0.15) is 0 Å². The van der Waals surface area contributed by atoms with Crippen LogP contribution in [0.3, 0.4) is 0 Å². The lowest BCUT2D eigenvalue weighted by atomic mass is 9.89. The Balaban J connectivity index is 1.88. The first-order valence-electron chi connectivity index (χ1n) is 7.44. The van der Waals surface area contributed by atoms with Crippen molar-refractivity contribution in [3.8, 4) is 0 Å². The zero-order chi connectivity index (χ0) is 13.4. The molecule has 0 amide bonds. The van der Waals surface area contributed by atoms with Gasteiger partial charge in [0.25, 0.3) is 0 Å². The largest absolute Gasteiger partial charge is 0.358 e. The minimum Gasteiger partial charge on any atom is -0.358 e. The molecule has 0 radical (unpaired) electrons. The number of fused-ring (bicyclic) bond motifs is 1. The summed E-state index contributed by atoms with van der Waals surface area (Å²) in [6.45, 7) is 6.94. The van der Waals surface area contributed by atoms with Gasteiger partial charge in [0.05, 0.1) is 0 Å². The third-order valence-corrected chi connectivity index (χ3v) is 4.48. The van der Waals surface area contributed by atoms with E-state index in [0.717, 1.165) is 5.92 Å². The van der Waals surface area contributed by atoms with Crippen LogP contribution in [0.5, 0.6) is 0 Å². The summed E-state index contributed by atoms with van der Waals surface area (Å²) >= 11 is 0. The Bertz CT molecular complexity index is 560. The third-order valence-electron chi connectivity index (χ3n) is 4.48. The monoisotopic (exact) mass is 256 g/mol. The van der Waals surface area contributed by atoms with Crippen molar-refractivity contribution in [3.63, 3.8) is 0 Å². The van der Waals surface area contributed by atoms with Crippen molar-refractivity contribution in [2.75, 3.05) is 20.1 Å². The number of rotatable bonds is 2. The number of aromatic nitrogens is 1. The van der Waals surface area contributed by atoms with Gasteiger partial charge >= 0.3 is 0 Å². The van der Waals surface area contributed by atoms with E-state index in [4.69, 9.17) is 0 Å². The second-order valence-electron chi connectivity index (χ2n) is 6.30. The molecule has 0 atom stereocenters. The Morgan fingerprint density at radius 2 is 1.89 bits per heavy atom. The molecule has 2 heterocycles. The molecule has 0 aliphatic carbocycles. The number of H-pyrrole nitrogens is 1. The number of nitrogens with one attached hydrogen (secondary N) is 1. The molecule has 2 heteroatoms. The molecule has 1 fully saturated rings. The van der Waals surface area contributed by atoms with Gasteiger partial charge in [0.15, 0.2) is 0 Å². The van der Waals surface area contributed by atoms with Crippen molar-refractivity contribution in [1.29, 1.82) is 0 Å². The van der Waals surface area contributed by atoms with Crippen molar-refractivity contribution < 1.29 is 0 Å². The van der Waals surface area contributed by atoms with Crippen LogP contribution in [0.15, 0.2) is 24.3 Å². The number of nitrogens with zero attached hydrogens (tertiary/aromatic N) is 1. The number of piperidine rings is 1. The van der Waals surface area contributed by atoms with Crippen LogP contribution in [0.4, 0.5) is 0 Å². The first-order valence-corrected chi connectivity index (χ1v) is 7.44. The lowest BCUT2D eigenvalue weighted by Gasteiger charge is -2.29. The Labute approximate surface area is 115 Å². The van der Waals surface area contributed by atoms with Gasteiger partial charge in [0.2, 0.25) is 0 Å². The fraction of sp³-hybridized carbons (Fsp3) is 0.529. The summed E-state index contributed by atoms with van der Waals surface area (Å²) in [7, 11) is 2.22. The fourth-order valence-electron chi connectivity index (χ4n) is 3.08. The number of likely N-dealkylation sites (tertiary alicyclic amines) is 1. The van der Waals surface area contributed by atoms with E-state index in [1.807, 2.05) is 0 Å². The molecule has 19 heavy (non-hydrogen) atoms. The molecule has 102 valence electrons. The highest BCUT2D eigenvalue weighted by Crippen LogP contribution is 2.30. The Morgan fingerprint density at radius 3 is 2.58 bits per heavy atom. The number of aromatic amines is 1. The standard InChI is InChI=1S/C17H24N2/c1-12(2)17-11-15-10-14(4-5-16(15)18-17)13-6-8-19(3)9-7-13/h4-5,10-13,18H,6-9H2,1-3H3. The van der Waals surface area contributed by atoms with Crippen molar-refractivity contribution in [2.45, 2.75) is 38.5 Å². The van der Waals surface area contributed by atoms with E-state index < -0.39 is 0 Å². The van der Waals surface area contributed by atoms with Crippen LogP contribution in [0.2, 0.25) is 0 Å². The highest BCUT2D eigenvalue weighted by molar-refractivity contribution is 5.81. The highest BCUT2D eigenvalue weighted by atomic mass is 15.1. The molecule has 0 saturated carbocycles. The molecule has 1 aromatic carbocycles. The van der Waals surface area contributed by atoms with Crippen molar-refractivity contribution >= 4 is 10.9 Å². The molecule has 1 aliphatic heterocycles. The van der Waals surface area contributed by atoms with Gasteiger partial charge in [0, 0.05) is 11.2 Å². The maximum atomic E-state index is 3.52. The molecule has 3 rings (SSSR count). The molecule has 0 bridgehead atoms. The van der Waals surface area contributed by atoms with E-state index in [-0.39, 0.29) is 0 Å². The van der Waals surface area contributed by atoms with Gasteiger partial charge in [-0.1, -0.05) is 19.9 Å². The van der Waals surface area contributed by atoms with E-state index in [2.05, 4.69) is 55.0 Å². The summed E-state index contributed by atoms with van der Waals surface area (Å²) in [5.41, 5.74) is 4.14. The zero-order valence-electron chi connectivity index (χ0n) is 12.2. The van der Waals surface area contributed by atoms with Crippen LogP contribution in [0.1, 0.15) is 49.8 Å². The predicted molar refractivity (Wildman–Crippen MR) is 81.9 cm³/mol. The fourth-order valence-corrected chi connectivity index (χ4v) is 3.08. The topological polar surface area (TPSA) is 19.0 Å². The highest BCUT2D eigenvalue weighted by Gasteiger charge is 2.18. The molecule has 0 unspecified atom stereocenters. The van der Waals surface area contributed by atoms with E-state index in [1.54, 1.807) is 0 Å². The Hall–Kier alpha value is -1.28. The summed E-state index contributed by atoms with van der Waals surface area (Å²) in [5, 5.41) is 1.38. The average molecular weight is 256 g/mol. The lowest BCUT2D eigenvalue weighted by Crippen LogP contribution is -2.29. The average Bonchev–Trinajstić information content (AvgIpc) is 2.82. The summed E-state index contributed by atoms with van der Waals surface area (Å²) < 4.78 is 0. The molecule has 2 aromatic rings. The number of benzene rings is 1. The van der Waals surface area contributed by atoms with Crippen molar-refractivity contribution in [1.82, 2.24) is 9.88 Å². The smallest absolute Gasteiger partial charge is 0.0456 e. The second kappa shape index (κ2) is 5.01. The molecule has 1 aliphatic rings. The Morgan fingerprint density at radius 1 is 1.16 bits per heavy atom. The van der Waals surface area contributed by atoms with Gasteiger partial charge in [-0.3, -0.25) is 0 Å². The van der Waals surface area contributed by atoms with Gasteiger partial charge in [-0.15, -0.1) is 0 Å². The Kier molecular flexibility index (Phi) is 3.36. The minimum absolute atomic E-state index is 0.569. The van der Waals surface area contributed by atoms with Gasteiger partial charge in [-0.25, -0.2) is 0 Å². The van der Waals surface area contributed by atoms with Crippen LogP contribution < -0.4 is 0 Å². The molecular weight excluding hydrogens is 232 g/mol. The van der Waals surface area contributed by atoms with E-state index in [0.29, 0.717) is 5.92 Å². The second-order valence-corrected chi connectivity index (χ2v) is 6.30. The van der Waals surface area contributed by atoms with Crippen LogP contribution >= 0.6 is 0 Å². The maximum absolute atomic E-state index is 3.52. The van der Waals surface area contributed by atoms with Gasteiger partial charge in [-0.2, -0.15) is 0 Å². The number of hydrogen-bond donors (Lipinski definition) is 1. The molecule has 2 nitrogen and oxygen atoms in total. The maximum Gasteiger partial charge on any atom is 0.0456 e. The molecule has 1 N–H and O–H groups in total. The molecular formula is C17H24N2. The van der Waals surface area contributed by atoms with Crippen LogP contribution in [0.25, 0.3) is 10.9 Å². The van der Waals surface area contributed by atoms with Crippen molar-refractivity contribution in [3.05, 3.63) is 35.5 Å². The SMILES string of the molecule is CC(C)c1cc2cc(C3CCN(C)CC3)ccc2[nH]1. The number of hydrogen-bond acceptors (Lipinski definition) is 1. The molecule has 1 saturated heterocycles. The first-order chi connectivity index (χ1) is 9.13. The zero-order valence-corrected chi connectivity index (χ0v) is 12.2. The molecule has 0 spiro atoms. The van der Waals surface area contributed by atoms with Crippen LogP contribution in [-0.2, 0) is 0 Å². The normalized spacial score (nSPS) is 18.5. The van der Waals surface area contributed by atoms with Crippen molar-refractivity contribution in [2.24, 2.45) is 0 Å². The summed E-state index contributed by atoms with van der Waals surface area (Å²) in [6.07, 6.45) is 2.59. The minimum atomic E-state index is 0.569. The predicted octanol–water partition coefficient (Wildman–Crippen LogP) is 4.10. The van der Waals surface area contributed by atoms with Gasteiger partial charge < -0.3 is 9.88 Å². The summed E-state index contributed by atoms with van der Waals surface area (Å²) in [6, 6.07) is 9.29. The summed E-state index contributed by atoms with van der Waals surface area (Å²) in [5.74, 6) is 1.32. The third kappa shape index (κ3) is 2.55. The van der Waals surface area contributed by atoms with E-state index in [1.165, 1.54) is 48.1 Å². The first kappa shape index (κ1) is 12.7. The lowest BCUT2D eigenvalue weighted by molar-refractivity contribution is 0.255.